The van der Waals surface area contributed by atoms with Crippen molar-refractivity contribution in [2.24, 2.45) is 17.8 Å². The summed E-state index contributed by atoms with van der Waals surface area (Å²) in [6.07, 6.45) is 10.3. The van der Waals surface area contributed by atoms with Crippen molar-refractivity contribution in [1.82, 2.24) is 4.90 Å². The molecule has 1 aromatic carbocycles. The number of para-hydroxylation sites is 1. The van der Waals surface area contributed by atoms with Crippen molar-refractivity contribution >= 4 is 23.4 Å². The van der Waals surface area contributed by atoms with E-state index in [-0.39, 0.29) is 41.5 Å². The lowest BCUT2D eigenvalue weighted by atomic mass is 9.65. The molecule has 1 aromatic rings. The predicted octanol–water partition coefficient (Wildman–Crippen LogP) is 4.25. The Morgan fingerprint density at radius 1 is 1.00 bits per heavy atom. The lowest BCUT2D eigenvalue weighted by Gasteiger charge is -2.47. The fourth-order valence-electron chi connectivity index (χ4n) is 6.13. The third kappa shape index (κ3) is 3.35. The lowest BCUT2D eigenvalue weighted by molar-refractivity contribution is -0.131. The van der Waals surface area contributed by atoms with Crippen molar-refractivity contribution in [3.8, 4) is 0 Å². The van der Waals surface area contributed by atoms with Gasteiger partial charge in [-0.25, -0.2) is 0 Å². The lowest BCUT2D eigenvalue weighted by Crippen LogP contribution is -2.51. The van der Waals surface area contributed by atoms with Crippen LogP contribution in [0.5, 0.6) is 0 Å². The van der Waals surface area contributed by atoms with Crippen molar-refractivity contribution in [2.75, 3.05) is 11.4 Å². The summed E-state index contributed by atoms with van der Waals surface area (Å²) in [7, 11) is 0. The standard InChI is InChI=1S/C26H30N2O3/c1-2-3-5-9-17-14-21-24(26(31)28(25(21)30)18-10-6-4-7-11-18)20-15-19-12-8-13-23(29)27(19)16-22(17)20/h4,6-8,10-11,13,19-21,24H,2-3,5,9,12,14-16H2,1H3/t19-,20-,21+,24-/m1/s1. The molecular weight excluding hydrogens is 388 g/mol. The first-order chi connectivity index (χ1) is 15.1. The molecule has 31 heavy (non-hydrogen) atoms. The molecule has 0 radical (unpaired) electrons. The number of nitrogens with zero attached hydrogens (tertiary/aromatic N) is 2. The summed E-state index contributed by atoms with van der Waals surface area (Å²) < 4.78 is 0. The maximum atomic E-state index is 13.6. The molecule has 0 aromatic heterocycles. The van der Waals surface area contributed by atoms with E-state index in [2.05, 4.69) is 6.92 Å². The van der Waals surface area contributed by atoms with Gasteiger partial charge in [0.05, 0.1) is 17.5 Å². The smallest absolute Gasteiger partial charge is 0.246 e. The first-order valence-electron chi connectivity index (χ1n) is 11.7. The SMILES string of the molecule is CCCCCC1=C2CN3C(=O)C=CC[C@@H]3C[C@H]2[C@H]2C(=O)N(c3ccccc3)C(=O)[C@H]2C1. The van der Waals surface area contributed by atoms with E-state index in [1.807, 2.05) is 41.3 Å². The number of carbonyl (C=O) groups is 3. The second kappa shape index (κ2) is 8.10. The van der Waals surface area contributed by atoms with Crippen LogP contribution in [0, 0.1) is 17.8 Å². The van der Waals surface area contributed by atoms with Crippen molar-refractivity contribution < 1.29 is 14.4 Å². The van der Waals surface area contributed by atoms with Crippen LogP contribution in [0.4, 0.5) is 5.69 Å². The predicted molar refractivity (Wildman–Crippen MR) is 119 cm³/mol. The van der Waals surface area contributed by atoms with Gasteiger partial charge in [0.15, 0.2) is 0 Å². The molecule has 0 spiro atoms. The normalized spacial score (nSPS) is 29.9. The zero-order chi connectivity index (χ0) is 21.5. The number of unbranched alkanes of at least 4 members (excludes halogenated alkanes) is 2. The molecule has 2 saturated heterocycles. The van der Waals surface area contributed by atoms with E-state index in [4.69, 9.17) is 0 Å². The highest BCUT2D eigenvalue weighted by atomic mass is 16.2. The van der Waals surface area contributed by atoms with Crippen LogP contribution in [0.15, 0.2) is 53.6 Å². The van der Waals surface area contributed by atoms with Gasteiger partial charge < -0.3 is 4.90 Å². The van der Waals surface area contributed by atoms with E-state index in [1.54, 1.807) is 6.08 Å². The van der Waals surface area contributed by atoms with E-state index in [0.717, 1.165) is 38.5 Å². The number of hydrogen-bond donors (Lipinski definition) is 0. The summed E-state index contributed by atoms with van der Waals surface area (Å²) in [4.78, 5) is 43.0. The summed E-state index contributed by atoms with van der Waals surface area (Å²) in [5.41, 5.74) is 3.28. The Balaban J connectivity index is 1.51. The second-order valence-corrected chi connectivity index (χ2v) is 9.37. The first kappa shape index (κ1) is 20.2. The molecule has 0 saturated carbocycles. The van der Waals surface area contributed by atoms with Gasteiger partial charge in [0.1, 0.15) is 0 Å². The van der Waals surface area contributed by atoms with E-state index in [1.165, 1.54) is 16.0 Å². The molecule has 162 valence electrons. The van der Waals surface area contributed by atoms with Gasteiger partial charge in [-0.05, 0) is 61.8 Å². The summed E-state index contributed by atoms with van der Waals surface area (Å²) in [6, 6.07) is 9.46. The maximum absolute atomic E-state index is 13.6. The number of fused-ring (bicyclic) bond motifs is 4. The van der Waals surface area contributed by atoms with Crippen molar-refractivity contribution in [3.05, 3.63) is 53.6 Å². The van der Waals surface area contributed by atoms with Gasteiger partial charge in [-0.3, -0.25) is 19.3 Å². The number of benzene rings is 1. The highest BCUT2D eigenvalue weighted by Gasteiger charge is 2.56. The molecule has 5 rings (SSSR count). The second-order valence-electron chi connectivity index (χ2n) is 9.37. The minimum absolute atomic E-state index is 0.0460. The number of allylic oxidation sites excluding steroid dienone is 1. The van der Waals surface area contributed by atoms with Gasteiger partial charge in [-0.1, -0.05) is 49.6 Å². The van der Waals surface area contributed by atoms with Gasteiger partial charge in [-0.15, -0.1) is 0 Å². The van der Waals surface area contributed by atoms with Gasteiger partial charge in [0, 0.05) is 12.6 Å². The van der Waals surface area contributed by atoms with Crippen LogP contribution in [0.2, 0.25) is 0 Å². The van der Waals surface area contributed by atoms with E-state index in [9.17, 15) is 14.4 Å². The molecule has 2 fully saturated rings. The number of carbonyl (C=O) groups excluding carboxylic acids is 3. The monoisotopic (exact) mass is 418 g/mol. The van der Waals surface area contributed by atoms with Gasteiger partial charge >= 0.3 is 0 Å². The minimum atomic E-state index is -0.291. The minimum Gasteiger partial charge on any atom is -0.332 e. The van der Waals surface area contributed by atoms with Crippen LogP contribution in [-0.4, -0.2) is 35.2 Å². The zero-order valence-corrected chi connectivity index (χ0v) is 18.1. The van der Waals surface area contributed by atoms with Crippen LogP contribution in [0.1, 0.15) is 51.9 Å². The Kier molecular flexibility index (Phi) is 5.28. The topological polar surface area (TPSA) is 57.7 Å². The van der Waals surface area contributed by atoms with Gasteiger partial charge in [0.2, 0.25) is 17.7 Å². The zero-order valence-electron chi connectivity index (χ0n) is 18.1. The number of piperidine rings is 1. The fraction of sp³-hybridized carbons (Fsp3) is 0.500. The summed E-state index contributed by atoms with van der Waals surface area (Å²) in [5.74, 6) is -0.504. The fourth-order valence-corrected chi connectivity index (χ4v) is 6.13. The number of amides is 3. The first-order valence-corrected chi connectivity index (χ1v) is 11.7. The molecule has 1 aliphatic carbocycles. The van der Waals surface area contributed by atoms with Crippen molar-refractivity contribution in [3.63, 3.8) is 0 Å². The molecule has 0 N–H and O–H groups in total. The van der Waals surface area contributed by atoms with Crippen LogP contribution in [0.25, 0.3) is 0 Å². The Labute approximate surface area is 183 Å². The van der Waals surface area contributed by atoms with E-state index >= 15 is 0 Å². The van der Waals surface area contributed by atoms with E-state index < -0.39 is 0 Å². The van der Waals surface area contributed by atoms with Crippen LogP contribution < -0.4 is 4.90 Å². The Hall–Kier alpha value is -2.69. The third-order valence-corrected chi connectivity index (χ3v) is 7.63. The summed E-state index contributed by atoms with van der Waals surface area (Å²) in [5, 5.41) is 0. The molecule has 3 heterocycles. The number of hydrogen-bond acceptors (Lipinski definition) is 3. The largest absolute Gasteiger partial charge is 0.332 e. The molecule has 5 nitrogen and oxygen atoms in total. The maximum Gasteiger partial charge on any atom is 0.246 e. The Morgan fingerprint density at radius 2 is 1.81 bits per heavy atom. The van der Waals surface area contributed by atoms with Crippen LogP contribution in [-0.2, 0) is 14.4 Å². The Morgan fingerprint density at radius 3 is 2.58 bits per heavy atom. The van der Waals surface area contributed by atoms with Gasteiger partial charge in [-0.2, -0.15) is 0 Å². The quantitative estimate of drug-likeness (QED) is 0.408. The molecule has 3 aliphatic heterocycles. The molecule has 0 bridgehead atoms. The van der Waals surface area contributed by atoms with E-state index in [0.29, 0.717) is 18.7 Å². The van der Waals surface area contributed by atoms with Crippen molar-refractivity contribution in [1.29, 1.82) is 0 Å². The highest BCUT2D eigenvalue weighted by molar-refractivity contribution is 6.22. The third-order valence-electron chi connectivity index (χ3n) is 7.63. The molecule has 4 atom stereocenters. The van der Waals surface area contributed by atoms with Crippen LogP contribution in [0.3, 0.4) is 0 Å². The number of anilines is 1. The number of rotatable bonds is 5. The summed E-state index contributed by atoms with van der Waals surface area (Å²) >= 11 is 0. The van der Waals surface area contributed by atoms with Crippen LogP contribution >= 0.6 is 0 Å². The average molecular weight is 419 g/mol. The Bertz CT molecular complexity index is 964. The summed E-state index contributed by atoms with van der Waals surface area (Å²) in [6.45, 7) is 2.81. The highest BCUT2D eigenvalue weighted by Crippen LogP contribution is 2.51. The number of imide groups is 1. The molecule has 4 aliphatic rings. The average Bonchev–Trinajstić information content (AvgIpc) is 3.03. The molecule has 3 amide bonds. The molecule has 0 unspecified atom stereocenters. The molecule has 5 heteroatoms. The van der Waals surface area contributed by atoms with Crippen molar-refractivity contribution in [2.45, 2.75) is 57.9 Å². The molecular formula is C26H30N2O3. The van der Waals surface area contributed by atoms with Gasteiger partial charge in [0.25, 0.3) is 0 Å².